The Morgan fingerprint density at radius 2 is 2.24 bits per heavy atom. The number of aryl methyl sites for hydroxylation is 1. The summed E-state index contributed by atoms with van der Waals surface area (Å²) < 4.78 is 6.45. The second-order valence-electron chi connectivity index (χ2n) is 5.20. The topological polar surface area (TPSA) is 66.8 Å². The van der Waals surface area contributed by atoms with Gasteiger partial charge in [0.1, 0.15) is 5.75 Å². The lowest BCUT2D eigenvalue weighted by molar-refractivity contribution is -0.141. The Morgan fingerprint density at radius 3 is 2.86 bits per heavy atom. The number of carboxylic acid groups (broad SMARTS) is 1. The molecule has 1 atom stereocenters. The molecule has 1 fully saturated rings. The third-order valence-corrected chi connectivity index (χ3v) is 4.17. The van der Waals surface area contributed by atoms with Gasteiger partial charge in [-0.2, -0.15) is 0 Å². The van der Waals surface area contributed by atoms with Crippen molar-refractivity contribution in [2.75, 3.05) is 19.7 Å². The lowest BCUT2D eigenvalue weighted by Gasteiger charge is -2.16. The number of aliphatic carboxylic acids is 1. The van der Waals surface area contributed by atoms with Gasteiger partial charge in [0.15, 0.2) is 0 Å². The molecule has 1 aromatic carbocycles. The maximum absolute atomic E-state index is 12.0. The van der Waals surface area contributed by atoms with Crippen LogP contribution < -0.4 is 4.74 Å². The van der Waals surface area contributed by atoms with Crippen LogP contribution in [0.2, 0.25) is 0 Å². The van der Waals surface area contributed by atoms with Gasteiger partial charge in [-0.1, -0.05) is 6.07 Å². The van der Waals surface area contributed by atoms with Gasteiger partial charge in [-0.25, -0.2) is 0 Å². The zero-order chi connectivity index (χ0) is 15.4. The summed E-state index contributed by atoms with van der Waals surface area (Å²) in [5.41, 5.74) is 1.13. The molecule has 0 aromatic heterocycles. The Labute approximate surface area is 132 Å². The van der Waals surface area contributed by atoms with E-state index in [1.807, 2.05) is 25.1 Å². The van der Waals surface area contributed by atoms with E-state index in [1.54, 1.807) is 4.90 Å². The molecule has 0 spiro atoms. The fraction of sp³-hybridized carbons (Fsp3) is 0.467. The van der Waals surface area contributed by atoms with Crippen molar-refractivity contribution in [3.63, 3.8) is 0 Å². The molecule has 1 heterocycles. The van der Waals surface area contributed by atoms with Crippen molar-refractivity contribution in [2.45, 2.75) is 19.8 Å². The number of rotatable bonds is 5. The monoisotopic (exact) mass is 355 g/mol. The van der Waals surface area contributed by atoms with Crippen LogP contribution in [0, 0.1) is 12.8 Å². The SMILES string of the molecule is Cc1ccc(OCCC(=O)N2CC[C@@H](C(=O)O)C2)c(Br)c1. The Kier molecular flexibility index (Phi) is 5.22. The molecule has 5 nitrogen and oxygen atoms in total. The van der Waals surface area contributed by atoms with E-state index in [0.29, 0.717) is 25.3 Å². The fourth-order valence-electron chi connectivity index (χ4n) is 2.32. The van der Waals surface area contributed by atoms with E-state index >= 15 is 0 Å². The molecule has 1 aromatic rings. The van der Waals surface area contributed by atoms with Crippen molar-refractivity contribution < 1.29 is 19.4 Å². The van der Waals surface area contributed by atoms with Crippen molar-refractivity contribution in [3.05, 3.63) is 28.2 Å². The Bertz CT molecular complexity index is 546. The summed E-state index contributed by atoms with van der Waals surface area (Å²) in [4.78, 5) is 24.5. The average molecular weight is 356 g/mol. The number of halogens is 1. The predicted molar refractivity (Wildman–Crippen MR) is 81.3 cm³/mol. The Balaban J connectivity index is 1.78. The quantitative estimate of drug-likeness (QED) is 0.880. The standard InChI is InChI=1S/C15H18BrNO4/c1-10-2-3-13(12(16)8-10)21-7-5-14(18)17-6-4-11(9-17)15(19)20/h2-3,8,11H,4-7,9H2,1H3,(H,19,20)/t11-/m1/s1. The van der Waals surface area contributed by atoms with E-state index in [0.717, 1.165) is 10.0 Å². The zero-order valence-corrected chi connectivity index (χ0v) is 13.4. The Morgan fingerprint density at radius 1 is 1.48 bits per heavy atom. The van der Waals surface area contributed by atoms with E-state index in [2.05, 4.69) is 15.9 Å². The first-order chi connectivity index (χ1) is 9.97. The normalized spacial score (nSPS) is 17.8. The molecule has 21 heavy (non-hydrogen) atoms. The molecule has 0 radical (unpaired) electrons. The predicted octanol–water partition coefficient (Wildman–Crippen LogP) is 2.46. The van der Waals surface area contributed by atoms with Crippen molar-refractivity contribution >= 4 is 27.8 Å². The van der Waals surface area contributed by atoms with Gasteiger partial charge >= 0.3 is 5.97 Å². The number of carbonyl (C=O) groups excluding carboxylic acids is 1. The second-order valence-corrected chi connectivity index (χ2v) is 6.05. The van der Waals surface area contributed by atoms with Crippen LogP contribution in [0.15, 0.2) is 22.7 Å². The summed E-state index contributed by atoms with van der Waals surface area (Å²) in [5.74, 6) is -0.605. The van der Waals surface area contributed by atoms with Crippen molar-refractivity contribution in [2.24, 2.45) is 5.92 Å². The van der Waals surface area contributed by atoms with Gasteiger partial charge in [-0.05, 0) is 47.0 Å². The van der Waals surface area contributed by atoms with Crippen LogP contribution in [0.4, 0.5) is 0 Å². The smallest absolute Gasteiger partial charge is 0.308 e. The number of amides is 1. The van der Waals surface area contributed by atoms with Crippen LogP contribution in [0.5, 0.6) is 5.75 Å². The van der Waals surface area contributed by atoms with Crippen LogP contribution in [0.1, 0.15) is 18.4 Å². The number of ether oxygens (including phenoxy) is 1. The summed E-state index contributed by atoms with van der Waals surface area (Å²) in [5, 5.41) is 8.92. The zero-order valence-electron chi connectivity index (χ0n) is 11.8. The minimum absolute atomic E-state index is 0.0537. The van der Waals surface area contributed by atoms with E-state index in [1.165, 1.54) is 0 Å². The molecule has 0 saturated carbocycles. The summed E-state index contributed by atoms with van der Waals surface area (Å²) >= 11 is 3.42. The van der Waals surface area contributed by atoms with Crippen molar-refractivity contribution in [3.8, 4) is 5.75 Å². The molecule has 1 N–H and O–H groups in total. The molecule has 114 valence electrons. The van der Waals surface area contributed by atoms with Crippen LogP contribution in [-0.4, -0.2) is 41.6 Å². The van der Waals surface area contributed by atoms with Crippen LogP contribution in [0.25, 0.3) is 0 Å². The van der Waals surface area contributed by atoms with Gasteiger partial charge in [0.2, 0.25) is 5.91 Å². The van der Waals surface area contributed by atoms with E-state index in [-0.39, 0.29) is 18.9 Å². The third-order valence-electron chi connectivity index (χ3n) is 3.55. The van der Waals surface area contributed by atoms with E-state index in [4.69, 9.17) is 9.84 Å². The number of hydrogen-bond acceptors (Lipinski definition) is 3. The van der Waals surface area contributed by atoms with Gasteiger partial charge in [0.25, 0.3) is 0 Å². The minimum atomic E-state index is -0.829. The third kappa shape index (κ3) is 4.20. The minimum Gasteiger partial charge on any atom is -0.492 e. The second kappa shape index (κ2) is 6.93. The summed E-state index contributed by atoms with van der Waals surface area (Å²) in [7, 11) is 0. The molecule has 1 amide bonds. The molecule has 1 aliphatic rings. The molecule has 1 aliphatic heterocycles. The van der Waals surface area contributed by atoms with Gasteiger partial charge in [-0.15, -0.1) is 0 Å². The lowest BCUT2D eigenvalue weighted by atomic mass is 10.1. The number of carboxylic acids is 1. The highest BCUT2D eigenvalue weighted by Crippen LogP contribution is 2.26. The van der Waals surface area contributed by atoms with Gasteiger partial charge < -0.3 is 14.7 Å². The number of hydrogen-bond donors (Lipinski definition) is 1. The first-order valence-corrected chi connectivity index (χ1v) is 7.66. The number of nitrogens with zero attached hydrogens (tertiary/aromatic N) is 1. The van der Waals surface area contributed by atoms with Crippen LogP contribution >= 0.6 is 15.9 Å². The van der Waals surface area contributed by atoms with Crippen LogP contribution in [-0.2, 0) is 9.59 Å². The maximum atomic E-state index is 12.0. The van der Waals surface area contributed by atoms with Gasteiger partial charge in [0, 0.05) is 13.1 Å². The summed E-state index contributed by atoms with van der Waals surface area (Å²) in [6.07, 6.45) is 0.790. The molecular formula is C15H18BrNO4. The molecule has 0 aliphatic carbocycles. The van der Waals surface area contributed by atoms with Crippen LogP contribution in [0.3, 0.4) is 0 Å². The molecule has 6 heteroatoms. The van der Waals surface area contributed by atoms with Crippen molar-refractivity contribution in [1.29, 1.82) is 0 Å². The first-order valence-electron chi connectivity index (χ1n) is 6.87. The summed E-state index contributed by atoms with van der Waals surface area (Å²) in [6, 6.07) is 5.76. The summed E-state index contributed by atoms with van der Waals surface area (Å²) in [6.45, 7) is 3.10. The highest BCUT2D eigenvalue weighted by atomic mass is 79.9. The van der Waals surface area contributed by atoms with E-state index < -0.39 is 11.9 Å². The first kappa shape index (κ1) is 15.8. The molecule has 1 saturated heterocycles. The van der Waals surface area contributed by atoms with E-state index in [9.17, 15) is 9.59 Å². The number of likely N-dealkylation sites (tertiary alicyclic amines) is 1. The highest BCUT2D eigenvalue weighted by Gasteiger charge is 2.30. The van der Waals surface area contributed by atoms with Gasteiger partial charge in [-0.3, -0.25) is 9.59 Å². The Hall–Kier alpha value is -1.56. The number of benzene rings is 1. The average Bonchev–Trinajstić information content (AvgIpc) is 2.91. The fourth-order valence-corrected chi connectivity index (χ4v) is 2.93. The molecule has 0 unspecified atom stereocenters. The molecule has 2 rings (SSSR count). The number of carbonyl (C=O) groups is 2. The van der Waals surface area contributed by atoms with Gasteiger partial charge in [0.05, 0.1) is 23.4 Å². The molecular weight excluding hydrogens is 338 g/mol. The lowest BCUT2D eigenvalue weighted by Crippen LogP contribution is -2.30. The maximum Gasteiger partial charge on any atom is 0.308 e. The van der Waals surface area contributed by atoms with Crippen molar-refractivity contribution in [1.82, 2.24) is 4.90 Å². The largest absolute Gasteiger partial charge is 0.492 e. The highest BCUT2D eigenvalue weighted by molar-refractivity contribution is 9.10. The molecule has 0 bridgehead atoms.